The molecule has 0 bridgehead atoms. The number of carbonyl (C=O) groups is 2. The van der Waals surface area contributed by atoms with Crippen molar-refractivity contribution in [1.82, 2.24) is 30.0 Å². The predicted octanol–water partition coefficient (Wildman–Crippen LogP) is 5.33. The molecule has 44 heavy (non-hydrogen) atoms. The molecule has 2 aliphatic heterocycles. The Labute approximate surface area is 251 Å². The van der Waals surface area contributed by atoms with Crippen molar-refractivity contribution in [3.63, 3.8) is 0 Å². The number of H-pyrrole nitrogens is 1. The SMILES string of the molecule is Cc1ccn(-c2ccc(C(=O)N[C@@H]3CCC(F)(F)C[C@@H]3C(=O)N3CC[C@@H]4C(c5ncc[nH]5)Nc5ccc(F)cc5[C@@H]43)cc2)n1. The van der Waals surface area contributed by atoms with E-state index in [1.54, 1.807) is 52.3 Å². The van der Waals surface area contributed by atoms with E-state index in [0.717, 1.165) is 11.4 Å². The Hall–Kier alpha value is -4.61. The summed E-state index contributed by atoms with van der Waals surface area (Å²) in [7, 11) is 0. The Morgan fingerprint density at radius 3 is 2.64 bits per heavy atom. The molecular formula is C32H32F3N7O2. The Morgan fingerprint density at radius 1 is 1.09 bits per heavy atom. The van der Waals surface area contributed by atoms with Gasteiger partial charge in [0.25, 0.3) is 5.91 Å². The summed E-state index contributed by atoms with van der Waals surface area (Å²) in [5.41, 5.74) is 3.26. The number of aromatic nitrogens is 4. The first-order chi connectivity index (χ1) is 21.2. The summed E-state index contributed by atoms with van der Waals surface area (Å²) in [4.78, 5) is 36.7. The van der Waals surface area contributed by atoms with Crippen molar-refractivity contribution in [3.05, 3.63) is 95.6 Å². The predicted molar refractivity (Wildman–Crippen MR) is 156 cm³/mol. The number of aromatic amines is 1. The summed E-state index contributed by atoms with van der Waals surface area (Å²) in [6.07, 6.45) is 4.62. The van der Waals surface area contributed by atoms with Crippen LogP contribution in [-0.2, 0) is 4.79 Å². The van der Waals surface area contributed by atoms with Crippen molar-refractivity contribution in [1.29, 1.82) is 0 Å². The zero-order chi connectivity index (χ0) is 30.6. The summed E-state index contributed by atoms with van der Waals surface area (Å²) < 4.78 is 45.9. The maximum absolute atomic E-state index is 14.9. The van der Waals surface area contributed by atoms with Gasteiger partial charge in [-0.05, 0) is 68.3 Å². The first kappa shape index (κ1) is 28.2. The number of likely N-dealkylation sites (tertiary alicyclic amines) is 1. The number of benzene rings is 2. The van der Waals surface area contributed by atoms with Gasteiger partial charge in [0, 0.05) is 66.8 Å². The highest BCUT2D eigenvalue weighted by Crippen LogP contribution is 2.52. The van der Waals surface area contributed by atoms with Gasteiger partial charge in [0.05, 0.1) is 29.4 Å². The van der Waals surface area contributed by atoms with Crippen LogP contribution in [-0.4, -0.2) is 55.0 Å². The molecule has 9 nitrogen and oxygen atoms in total. The highest BCUT2D eigenvalue weighted by atomic mass is 19.3. The second-order valence-corrected chi connectivity index (χ2v) is 12.0. The van der Waals surface area contributed by atoms with Crippen molar-refractivity contribution < 1.29 is 22.8 Å². The van der Waals surface area contributed by atoms with E-state index in [0.29, 0.717) is 35.6 Å². The Bertz CT molecular complexity index is 1690. The van der Waals surface area contributed by atoms with Gasteiger partial charge in [0.2, 0.25) is 11.8 Å². The van der Waals surface area contributed by atoms with Crippen molar-refractivity contribution in [2.75, 3.05) is 11.9 Å². The molecule has 5 atom stereocenters. The Balaban J connectivity index is 1.15. The van der Waals surface area contributed by atoms with Gasteiger partial charge >= 0.3 is 0 Å². The summed E-state index contributed by atoms with van der Waals surface area (Å²) in [5.74, 6) is -4.99. The Morgan fingerprint density at radius 2 is 1.91 bits per heavy atom. The normalized spacial score (nSPS) is 25.5. The zero-order valence-electron chi connectivity index (χ0n) is 24.0. The minimum atomic E-state index is -3.04. The zero-order valence-corrected chi connectivity index (χ0v) is 24.0. The van der Waals surface area contributed by atoms with Crippen molar-refractivity contribution in [3.8, 4) is 5.69 Å². The van der Waals surface area contributed by atoms with Gasteiger partial charge in [-0.25, -0.2) is 22.8 Å². The lowest BCUT2D eigenvalue weighted by atomic mass is 9.79. The van der Waals surface area contributed by atoms with Crippen LogP contribution >= 0.6 is 0 Å². The van der Waals surface area contributed by atoms with Crippen molar-refractivity contribution >= 4 is 17.5 Å². The maximum atomic E-state index is 14.9. The smallest absolute Gasteiger partial charge is 0.251 e. The second-order valence-electron chi connectivity index (χ2n) is 12.0. The number of hydrogen-bond donors (Lipinski definition) is 3. The average molecular weight is 604 g/mol. The van der Waals surface area contributed by atoms with E-state index < -0.39 is 54.4 Å². The monoisotopic (exact) mass is 603 g/mol. The van der Waals surface area contributed by atoms with Crippen LogP contribution in [0, 0.1) is 24.6 Å². The van der Waals surface area contributed by atoms with Gasteiger partial charge in [-0.1, -0.05) is 0 Å². The molecule has 2 amide bonds. The summed E-state index contributed by atoms with van der Waals surface area (Å²) in [6.45, 7) is 2.20. The molecule has 0 radical (unpaired) electrons. The lowest BCUT2D eigenvalue weighted by molar-refractivity contribution is -0.146. The van der Waals surface area contributed by atoms with E-state index in [9.17, 15) is 22.8 Å². The molecule has 228 valence electrons. The second kappa shape index (κ2) is 10.8. The largest absolute Gasteiger partial charge is 0.375 e. The molecule has 1 saturated heterocycles. The van der Waals surface area contributed by atoms with Gasteiger partial charge in [0.15, 0.2) is 0 Å². The lowest BCUT2D eigenvalue weighted by Crippen LogP contribution is -2.53. The third-order valence-electron chi connectivity index (χ3n) is 9.19. The molecule has 4 heterocycles. The standard InChI is InChI=1S/C32H32F3N7O2/c1-18-9-15-42(40-18)21-5-2-19(3-6-21)30(43)39-26-8-11-32(34,35)17-24(26)31(44)41-14-10-22-27(29-36-12-13-37-29)38-25-7-4-20(33)16-23(25)28(22)41/h2-7,9,12-13,15-16,22,24,26-28,38H,8,10-11,14,17H2,1H3,(H,36,37)(H,39,43)/t22-,24+,26-,27?,28-/m1/s1. The van der Waals surface area contributed by atoms with Crippen LogP contribution in [0.3, 0.4) is 0 Å². The number of amides is 2. The molecule has 2 aromatic carbocycles. The summed E-state index contributed by atoms with van der Waals surface area (Å²) >= 11 is 0. The van der Waals surface area contributed by atoms with Crippen LogP contribution in [0.5, 0.6) is 0 Å². The number of rotatable bonds is 5. The summed E-state index contributed by atoms with van der Waals surface area (Å²) in [5, 5.41) is 10.7. The molecule has 1 aliphatic carbocycles. The van der Waals surface area contributed by atoms with E-state index in [1.807, 2.05) is 19.2 Å². The summed E-state index contributed by atoms with van der Waals surface area (Å²) in [6, 6.07) is 11.5. The van der Waals surface area contributed by atoms with Crippen LogP contribution in [0.1, 0.15) is 65.2 Å². The van der Waals surface area contributed by atoms with Gasteiger partial charge in [-0.3, -0.25) is 9.59 Å². The van der Waals surface area contributed by atoms with E-state index in [2.05, 4.69) is 25.7 Å². The molecule has 3 N–H and O–H groups in total. The third kappa shape index (κ3) is 5.11. The van der Waals surface area contributed by atoms with Crippen LogP contribution in [0.4, 0.5) is 18.9 Å². The number of nitrogens with one attached hydrogen (secondary N) is 3. The van der Waals surface area contributed by atoms with Crippen molar-refractivity contribution in [2.24, 2.45) is 11.8 Å². The Kier molecular flexibility index (Phi) is 6.94. The van der Waals surface area contributed by atoms with Gasteiger partial charge < -0.3 is 20.5 Å². The minimum Gasteiger partial charge on any atom is -0.375 e. The molecule has 0 spiro atoms. The van der Waals surface area contributed by atoms with Crippen LogP contribution in [0.15, 0.2) is 67.1 Å². The van der Waals surface area contributed by atoms with E-state index in [1.165, 1.54) is 12.1 Å². The average Bonchev–Trinajstić information content (AvgIpc) is 3.79. The van der Waals surface area contributed by atoms with Crippen LogP contribution in [0.25, 0.3) is 5.69 Å². The van der Waals surface area contributed by atoms with Crippen LogP contribution < -0.4 is 10.6 Å². The number of aryl methyl sites for hydroxylation is 1. The fourth-order valence-corrected chi connectivity index (χ4v) is 7.07. The third-order valence-corrected chi connectivity index (χ3v) is 9.19. The van der Waals surface area contributed by atoms with E-state index in [4.69, 9.17) is 0 Å². The number of imidazole rings is 1. The molecule has 3 aliphatic rings. The molecule has 12 heteroatoms. The minimum absolute atomic E-state index is 0.0382. The highest BCUT2D eigenvalue weighted by Gasteiger charge is 2.52. The van der Waals surface area contributed by atoms with E-state index in [-0.39, 0.29) is 18.4 Å². The fraction of sp³-hybridized carbons (Fsp3) is 0.375. The van der Waals surface area contributed by atoms with Gasteiger partial charge in [0.1, 0.15) is 11.6 Å². The number of anilines is 1. The van der Waals surface area contributed by atoms with E-state index >= 15 is 0 Å². The molecule has 1 unspecified atom stereocenters. The molecular weight excluding hydrogens is 571 g/mol. The molecule has 2 fully saturated rings. The molecule has 4 aromatic rings. The lowest BCUT2D eigenvalue weighted by Gasteiger charge is -2.42. The quantitative estimate of drug-likeness (QED) is 0.286. The number of fused-ring (bicyclic) bond motifs is 3. The first-order valence-corrected chi connectivity index (χ1v) is 14.8. The number of hydrogen-bond acceptors (Lipinski definition) is 5. The topological polar surface area (TPSA) is 108 Å². The number of alkyl halides is 2. The maximum Gasteiger partial charge on any atom is 0.251 e. The molecule has 2 aromatic heterocycles. The number of nitrogens with zero attached hydrogens (tertiary/aromatic N) is 4. The van der Waals surface area contributed by atoms with Gasteiger partial charge in [-0.2, -0.15) is 5.10 Å². The fourth-order valence-electron chi connectivity index (χ4n) is 7.07. The van der Waals surface area contributed by atoms with Crippen LogP contribution in [0.2, 0.25) is 0 Å². The van der Waals surface area contributed by atoms with Crippen molar-refractivity contribution in [2.45, 2.75) is 56.7 Å². The number of carbonyl (C=O) groups excluding carboxylic acids is 2. The molecule has 1 saturated carbocycles. The number of halogens is 3. The highest BCUT2D eigenvalue weighted by molar-refractivity contribution is 5.95. The molecule has 7 rings (SSSR count). The van der Waals surface area contributed by atoms with Gasteiger partial charge in [-0.15, -0.1) is 0 Å². The first-order valence-electron chi connectivity index (χ1n) is 14.8.